The van der Waals surface area contributed by atoms with Crippen LogP contribution in [0.25, 0.3) is 0 Å². The minimum atomic E-state index is -0.475. The van der Waals surface area contributed by atoms with Crippen molar-refractivity contribution in [3.8, 4) is 11.5 Å². The molecule has 0 saturated carbocycles. The third kappa shape index (κ3) is 3.37. The highest BCUT2D eigenvalue weighted by Crippen LogP contribution is 2.33. The van der Waals surface area contributed by atoms with Crippen LogP contribution in [0, 0.1) is 0 Å². The molecule has 1 aliphatic heterocycles. The van der Waals surface area contributed by atoms with Crippen molar-refractivity contribution < 1.29 is 19.3 Å². The Bertz CT molecular complexity index is 378. The van der Waals surface area contributed by atoms with E-state index in [0.29, 0.717) is 26.2 Å². The highest BCUT2D eigenvalue weighted by atomic mass is 16.5. The van der Waals surface area contributed by atoms with Gasteiger partial charge in [-0.05, 0) is 30.5 Å². The number of benzene rings is 1. The maximum atomic E-state index is 10.1. The van der Waals surface area contributed by atoms with Gasteiger partial charge < -0.3 is 19.3 Å². The van der Waals surface area contributed by atoms with Crippen molar-refractivity contribution in [2.75, 3.05) is 26.9 Å². The molecule has 100 valence electrons. The van der Waals surface area contributed by atoms with Crippen molar-refractivity contribution in [1.82, 2.24) is 0 Å². The van der Waals surface area contributed by atoms with Crippen LogP contribution in [0.5, 0.6) is 11.5 Å². The summed E-state index contributed by atoms with van der Waals surface area (Å²) in [7, 11) is 1.67. The molecular formula is C14H20O4. The van der Waals surface area contributed by atoms with E-state index < -0.39 is 6.10 Å². The van der Waals surface area contributed by atoms with Crippen LogP contribution in [-0.4, -0.2) is 32.0 Å². The number of fused-ring (bicyclic) bond motifs is 1. The van der Waals surface area contributed by atoms with Gasteiger partial charge in [0.1, 0.15) is 0 Å². The van der Waals surface area contributed by atoms with Gasteiger partial charge in [-0.2, -0.15) is 0 Å². The first kappa shape index (κ1) is 13.2. The van der Waals surface area contributed by atoms with E-state index >= 15 is 0 Å². The highest BCUT2D eigenvalue weighted by Gasteiger charge is 2.14. The third-order valence-corrected chi connectivity index (χ3v) is 2.98. The quantitative estimate of drug-likeness (QED) is 0.817. The fourth-order valence-corrected chi connectivity index (χ4v) is 1.97. The fraction of sp³-hybridized carbons (Fsp3) is 0.571. The van der Waals surface area contributed by atoms with Crippen molar-refractivity contribution in [2.24, 2.45) is 0 Å². The van der Waals surface area contributed by atoms with Crippen molar-refractivity contribution in [1.29, 1.82) is 0 Å². The lowest BCUT2D eigenvalue weighted by molar-refractivity contribution is 0.136. The Labute approximate surface area is 107 Å². The van der Waals surface area contributed by atoms with Crippen molar-refractivity contribution in [3.05, 3.63) is 23.8 Å². The van der Waals surface area contributed by atoms with Gasteiger partial charge in [-0.3, -0.25) is 0 Å². The standard InChI is InChI=1S/C14H20O4/c1-16-7-2-4-12(15)11-5-6-13-14(10-11)18-9-3-8-17-13/h5-6,10,12,15H,2-4,7-9H2,1H3. The van der Waals surface area contributed by atoms with Crippen molar-refractivity contribution >= 4 is 0 Å². The van der Waals surface area contributed by atoms with E-state index in [9.17, 15) is 5.11 Å². The maximum Gasteiger partial charge on any atom is 0.161 e. The van der Waals surface area contributed by atoms with Gasteiger partial charge in [-0.1, -0.05) is 6.07 Å². The van der Waals surface area contributed by atoms with Crippen LogP contribution in [0.3, 0.4) is 0 Å². The van der Waals surface area contributed by atoms with E-state index in [-0.39, 0.29) is 0 Å². The van der Waals surface area contributed by atoms with Gasteiger partial charge in [0.05, 0.1) is 19.3 Å². The normalized spacial score (nSPS) is 16.1. The van der Waals surface area contributed by atoms with Gasteiger partial charge in [0.15, 0.2) is 11.5 Å². The fourth-order valence-electron chi connectivity index (χ4n) is 1.97. The molecule has 1 atom stereocenters. The topological polar surface area (TPSA) is 47.9 Å². The molecule has 1 unspecified atom stereocenters. The van der Waals surface area contributed by atoms with Gasteiger partial charge in [0.2, 0.25) is 0 Å². The number of hydrogen-bond donors (Lipinski definition) is 1. The predicted molar refractivity (Wildman–Crippen MR) is 68.1 cm³/mol. The Morgan fingerprint density at radius 3 is 2.83 bits per heavy atom. The average Bonchev–Trinajstić information content (AvgIpc) is 2.63. The van der Waals surface area contributed by atoms with Crippen LogP contribution in [0.1, 0.15) is 30.9 Å². The second-order valence-corrected chi connectivity index (χ2v) is 4.41. The smallest absolute Gasteiger partial charge is 0.161 e. The molecule has 4 nitrogen and oxygen atoms in total. The van der Waals surface area contributed by atoms with Crippen LogP contribution in [0.15, 0.2) is 18.2 Å². The number of aliphatic hydroxyl groups is 1. The van der Waals surface area contributed by atoms with Crippen LogP contribution >= 0.6 is 0 Å². The summed E-state index contributed by atoms with van der Waals surface area (Å²) in [4.78, 5) is 0. The minimum absolute atomic E-state index is 0.475. The average molecular weight is 252 g/mol. The highest BCUT2D eigenvalue weighted by molar-refractivity contribution is 5.44. The lowest BCUT2D eigenvalue weighted by atomic mass is 10.0. The number of aliphatic hydroxyl groups excluding tert-OH is 1. The Morgan fingerprint density at radius 1 is 1.28 bits per heavy atom. The molecule has 1 aromatic carbocycles. The molecule has 18 heavy (non-hydrogen) atoms. The zero-order valence-electron chi connectivity index (χ0n) is 10.7. The Morgan fingerprint density at radius 2 is 2.06 bits per heavy atom. The number of ether oxygens (including phenoxy) is 3. The minimum Gasteiger partial charge on any atom is -0.490 e. The van der Waals surface area contributed by atoms with Gasteiger partial charge in [0.25, 0.3) is 0 Å². The molecule has 0 bridgehead atoms. The van der Waals surface area contributed by atoms with Crippen LogP contribution < -0.4 is 9.47 Å². The first-order valence-electron chi connectivity index (χ1n) is 6.38. The Balaban J connectivity index is 2.02. The largest absolute Gasteiger partial charge is 0.490 e. The van der Waals surface area contributed by atoms with Crippen molar-refractivity contribution in [2.45, 2.75) is 25.4 Å². The van der Waals surface area contributed by atoms with Crippen molar-refractivity contribution in [3.63, 3.8) is 0 Å². The summed E-state index contributed by atoms with van der Waals surface area (Å²) < 4.78 is 16.1. The molecule has 0 aliphatic carbocycles. The predicted octanol–water partition coefficient (Wildman–Crippen LogP) is 2.31. The molecule has 4 heteroatoms. The molecule has 0 saturated heterocycles. The van der Waals surface area contributed by atoms with Crippen LogP contribution in [0.4, 0.5) is 0 Å². The Kier molecular flexibility index (Phi) is 4.84. The van der Waals surface area contributed by atoms with Gasteiger partial charge in [-0.15, -0.1) is 0 Å². The number of hydrogen-bond acceptors (Lipinski definition) is 4. The third-order valence-electron chi connectivity index (χ3n) is 2.98. The van der Waals surface area contributed by atoms with E-state index in [4.69, 9.17) is 14.2 Å². The van der Waals surface area contributed by atoms with E-state index in [1.165, 1.54) is 0 Å². The molecule has 1 aromatic rings. The lowest BCUT2D eigenvalue weighted by Crippen LogP contribution is -2.01. The molecule has 1 heterocycles. The Hall–Kier alpha value is -1.26. The van der Waals surface area contributed by atoms with Crippen LogP contribution in [-0.2, 0) is 4.74 Å². The monoisotopic (exact) mass is 252 g/mol. The summed E-state index contributed by atoms with van der Waals surface area (Å²) in [5.74, 6) is 1.50. The summed E-state index contributed by atoms with van der Waals surface area (Å²) in [6.45, 7) is 2.01. The second kappa shape index (κ2) is 6.61. The van der Waals surface area contributed by atoms with E-state index in [1.54, 1.807) is 7.11 Å². The second-order valence-electron chi connectivity index (χ2n) is 4.41. The number of rotatable bonds is 5. The zero-order valence-corrected chi connectivity index (χ0v) is 10.7. The molecule has 0 amide bonds. The van der Waals surface area contributed by atoms with E-state index in [1.807, 2.05) is 18.2 Å². The summed E-state index contributed by atoms with van der Waals surface area (Å²) in [6, 6.07) is 5.64. The zero-order chi connectivity index (χ0) is 12.8. The molecular weight excluding hydrogens is 232 g/mol. The summed E-state index contributed by atoms with van der Waals surface area (Å²) in [5.41, 5.74) is 0.871. The molecule has 0 radical (unpaired) electrons. The number of methoxy groups -OCH3 is 1. The molecule has 1 N–H and O–H groups in total. The van der Waals surface area contributed by atoms with Crippen LogP contribution in [0.2, 0.25) is 0 Å². The molecule has 2 rings (SSSR count). The first-order chi connectivity index (χ1) is 8.81. The maximum absolute atomic E-state index is 10.1. The summed E-state index contributed by atoms with van der Waals surface area (Å²) in [5, 5.41) is 10.1. The SMILES string of the molecule is COCCCC(O)c1ccc2c(c1)OCCCO2. The first-order valence-corrected chi connectivity index (χ1v) is 6.38. The van der Waals surface area contributed by atoms with Gasteiger partial charge in [-0.25, -0.2) is 0 Å². The van der Waals surface area contributed by atoms with Gasteiger partial charge in [0, 0.05) is 20.1 Å². The molecule has 1 aliphatic rings. The molecule has 0 fully saturated rings. The van der Waals surface area contributed by atoms with Gasteiger partial charge >= 0.3 is 0 Å². The van der Waals surface area contributed by atoms with E-state index in [2.05, 4.69) is 0 Å². The molecule has 0 aromatic heterocycles. The lowest BCUT2D eigenvalue weighted by Gasteiger charge is -2.13. The molecule has 0 spiro atoms. The summed E-state index contributed by atoms with van der Waals surface area (Å²) >= 11 is 0. The summed E-state index contributed by atoms with van der Waals surface area (Å²) in [6.07, 6.45) is 1.94. The van der Waals surface area contributed by atoms with E-state index in [0.717, 1.165) is 29.9 Å².